The number of carbonyl (C=O) groups excluding carboxylic acids is 1. The average molecular weight is 306 g/mol. The predicted octanol–water partition coefficient (Wildman–Crippen LogP) is 3.81. The summed E-state index contributed by atoms with van der Waals surface area (Å²) >= 11 is 0. The minimum absolute atomic E-state index is 0.0505. The van der Waals surface area contributed by atoms with Gasteiger partial charge in [0.25, 0.3) is 0 Å². The van der Waals surface area contributed by atoms with Crippen LogP contribution in [0.5, 0.6) is 5.75 Å². The Bertz CT molecular complexity index is 816. The second kappa shape index (κ2) is 6.92. The number of rotatable bonds is 5. The predicted molar refractivity (Wildman–Crippen MR) is 91.7 cm³/mol. The van der Waals surface area contributed by atoms with E-state index < -0.39 is 0 Å². The Morgan fingerprint density at radius 3 is 2.70 bits per heavy atom. The van der Waals surface area contributed by atoms with E-state index in [9.17, 15) is 4.79 Å². The van der Waals surface area contributed by atoms with Gasteiger partial charge in [0, 0.05) is 11.6 Å². The van der Waals surface area contributed by atoms with Crippen LogP contribution in [-0.2, 0) is 11.2 Å². The molecule has 0 aliphatic heterocycles. The van der Waals surface area contributed by atoms with Crippen molar-refractivity contribution < 1.29 is 9.53 Å². The third-order valence-electron chi connectivity index (χ3n) is 3.51. The lowest BCUT2D eigenvalue weighted by Crippen LogP contribution is -2.14. The maximum absolute atomic E-state index is 12.3. The van der Waals surface area contributed by atoms with Gasteiger partial charge in [-0.1, -0.05) is 30.3 Å². The summed E-state index contributed by atoms with van der Waals surface area (Å²) in [5, 5.41) is 3.84. The lowest BCUT2D eigenvalue weighted by Gasteiger charge is -2.12. The molecule has 0 aliphatic rings. The zero-order valence-corrected chi connectivity index (χ0v) is 13.0. The summed E-state index contributed by atoms with van der Waals surface area (Å²) in [6.45, 7) is 2.51. The first kappa shape index (κ1) is 15.0. The molecule has 1 amide bonds. The Balaban J connectivity index is 1.85. The van der Waals surface area contributed by atoms with Crippen LogP contribution < -0.4 is 10.1 Å². The molecule has 0 radical (unpaired) electrons. The van der Waals surface area contributed by atoms with Crippen LogP contribution in [0.3, 0.4) is 0 Å². The third kappa shape index (κ3) is 3.48. The van der Waals surface area contributed by atoms with Crippen LogP contribution in [0, 0.1) is 0 Å². The van der Waals surface area contributed by atoms with Gasteiger partial charge in [0.15, 0.2) is 0 Å². The molecule has 0 atom stereocenters. The zero-order valence-electron chi connectivity index (χ0n) is 13.0. The van der Waals surface area contributed by atoms with Crippen molar-refractivity contribution in [3.63, 3.8) is 0 Å². The van der Waals surface area contributed by atoms with Gasteiger partial charge in [-0.05, 0) is 36.8 Å². The number of benzene rings is 2. The molecule has 3 aromatic rings. The number of fused-ring (bicyclic) bond motifs is 1. The van der Waals surface area contributed by atoms with Crippen LogP contribution in [0.4, 0.5) is 5.69 Å². The summed E-state index contributed by atoms with van der Waals surface area (Å²) in [7, 11) is 0. The smallest absolute Gasteiger partial charge is 0.228 e. The molecule has 4 heteroatoms. The first-order valence-electron chi connectivity index (χ1n) is 7.62. The summed E-state index contributed by atoms with van der Waals surface area (Å²) in [5.74, 6) is 0.676. The van der Waals surface area contributed by atoms with Gasteiger partial charge in [-0.3, -0.25) is 9.78 Å². The van der Waals surface area contributed by atoms with Crippen molar-refractivity contribution >= 4 is 22.5 Å². The maximum atomic E-state index is 12.3. The number of hydrogen-bond acceptors (Lipinski definition) is 3. The molecule has 23 heavy (non-hydrogen) atoms. The number of nitrogens with one attached hydrogen (secondary N) is 1. The fourth-order valence-electron chi connectivity index (χ4n) is 2.50. The molecule has 2 aromatic carbocycles. The third-order valence-corrected chi connectivity index (χ3v) is 3.51. The monoisotopic (exact) mass is 306 g/mol. The van der Waals surface area contributed by atoms with Crippen molar-refractivity contribution in [2.45, 2.75) is 13.3 Å². The van der Waals surface area contributed by atoms with E-state index >= 15 is 0 Å². The summed E-state index contributed by atoms with van der Waals surface area (Å²) in [4.78, 5) is 16.6. The van der Waals surface area contributed by atoms with Crippen LogP contribution in [0.2, 0.25) is 0 Å². The molecule has 0 unspecified atom stereocenters. The van der Waals surface area contributed by atoms with E-state index in [0.717, 1.165) is 27.9 Å². The summed E-state index contributed by atoms with van der Waals surface area (Å²) in [5.41, 5.74) is 2.49. The van der Waals surface area contributed by atoms with E-state index in [2.05, 4.69) is 10.3 Å². The molecule has 0 spiro atoms. The second-order valence-electron chi connectivity index (χ2n) is 5.15. The number of carbonyl (C=O) groups is 1. The number of amides is 1. The molecule has 4 nitrogen and oxygen atoms in total. The number of aromatic nitrogens is 1. The highest BCUT2D eigenvalue weighted by molar-refractivity contribution is 6.03. The van der Waals surface area contributed by atoms with Crippen molar-refractivity contribution in [1.82, 2.24) is 4.98 Å². The van der Waals surface area contributed by atoms with Gasteiger partial charge in [0.2, 0.25) is 5.91 Å². The van der Waals surface area contributed by atoms with E-state index in [1.807, 2.05) is 61.5 Å². The minimum atomic E-state index is -0.0505. The molecular formula is C19H18N2O2. The largest absolute Gasteiger partial charge is 0.492 e. The molecule has 116 valence electrons. The average Bonchev–Trinajstić information content (AvgIpc) is 2.58. The second-order valence-corrected chi connectivity index (χ2v) is 5.15. The van der Waals surface area contributed by atoms with Crippen molar-refractivity contribution in [1.29, 1.82) is 0 Å². The highest BCUT2D eigenvalue weighted by Crippen LogP contribution is 2.30. The van der Waals surface area contributed by atoms with E-state index in [0.29, 0.717) is 13.0 Å². The summed E-state index contributed by atoms with van der Waals surface area (Å²) in [6.07, 6.45) is 2.07. The molecule has 1 N–H and O–H groups in total. The number of pyridine rings is 1. The lowest BCUT2D eigenvalue weighted by atomic mass is 10.1. The summed E-state index contributed by atoms with van der Waals surface area (Å²) in [6, 6.07) is 17.2. The van der Waals surface area contributed by atoms with Gasteiger partial charge in [0.05, 0.1) is 18.7 Å². The van der Waals surface area contributed by atoms with E-state index in [1.165, 1.54) is 0 Å². The Morgan fingerprint density at radius 1 is 1.09 bits per heavy atom. The van der Waals surface area contributed by atoms with E-state index in [1.54, 1.807) is 6.20 Å². The standard InChI is InChI=1S/C19H18N2O2/c1-2-23-17-11-10-16(15-9-6-12-20-19(15)17)21-18(22)13-14-7-4-3-5-8-14/h3-12H,2,13H2,1H3,(H,21,22). The highest BCUT2D eigenvalue weighted by atomic mass is 16.5. The van der Waals surface area contributed by atoms with Crippen molar-refractivity contribution in [2.24, 2.45) is 0 Å². The maximum Gasteiger partial charge on any atom is 0.228 e. The number of anilines is 1. The fourth-order valence-corrected chi connectivity index (χ4v) is 2.50. The molecule has 0 aliphatic carbocycles. The lowest BCUT2D eigenvalue weighted by molar-refractivity contribution is -0.115. The molecule has 0 saturated heterocycles. The van der Waals surface area contributed by atoms with E-state index in [4.69, 9.17) is 4.74 Å². The number of hydrogen-bond donors (Lipinski definition) is 1. The van der Waals surface area contributed by atoms with Crippen molar-refractivity contribution in [3.8, 4) is 5.75 Å². The molecule has 0 saturated carbocycles. The normalized spacial score (nSPS) is 10.5. The molecule has 3 rings (SSSR count). The Labute approximate surface area is 135 Å². The van der Waals surface area contributed by atoms with Crippen LogP contribution in [0.15, 0.2) is 60.8 Å². The summed E-state index contributed by atoms with van der Waals surface area (Å²) < 4.78 is 5.60. The van der Waals surface area contributed by atoms with Gasteiger partial charge in [-0.25, -0.2) is 0 Å². The molecule has 1 aromatic heterocycles. The van der Waals surface area contributed by atoms with Crippen molar-refractivity contribution in [3.05, 3.63) is 66.4 Å². The number of nitrogens with zero attached hydrogens (tertiary/aromatic N) is 1. The van der Waals surface area contributed by atoms with Crippen molar-refractivity contribution in [2.75, 3.05) is 11.9 Å². The van der Waals surface area contributed by atoms with Gasteiger partial charge in [-0.2, -0.15) is 0 Å². The zero-order chi connectivity index (χ0) is 16.1. The van der Waals surface area contributed by atoms with Gasteiger partial charge >= 0.3 is 0 Å². The SMILES string of the molecule is CCOc1ccc(NC(=O)Cc2ccccc2)c2cccnc12. The van der Waals surface area contributed by atoms with Gasteiger partial charge < -0.3 is 10.1 Å². The van der Waals surface area contributed by atoms with E-state index in [-0.39, 0.29) is 5.91 Å². The first-order valence-corrected chi connectivity index (χ1v) is 7.62. The van der Waals surface area contributed by atoms with Gasteiger partial charge in [-0.15, -0.1) is 0 Å². The Hall–Kier alpha value is -2.88. The Kier molecular flexibility index (Phi) is 4.52. The van der Waals surface area contributed by atoms with Gasteiger partial charge in [0.1, 0.15) is 11.3 Å². The first-order chi connectivity index (χ1) is 11.3. The van der Waals surface area contributed by atoms with Crippen LogP contribution in [-0.4, -0.2) is 17.5 Å². The Morgan fingerprint density at radius 2 is 1.91 bits per heavy atom. The molecule has 0 fully saturated rings. The highest BCUT2D eigenvalue weighted by Gasteiger charge is 2.10. The number of ether oxygens (including phenoxy) is 1. The quantitative estimate of drug-likeness (QED) is 0.779. The molecule has 1 heterocycles. The minimum Gasteiger partial charge on any atom is -0.492 e. The molecular weight excluding hydrogens is 288 g/mol. The fraction of sp³-hybridized carbons (Fsp3) is 0.158. The van der Waals surface area contributed by atoms with Crippen LogP contribution in [0.1, 0.15) is 12.5 Å². The topological polar surface area (TPSA) is 51.2 Å². The van der Waals surface area contributed by atoms with Crippen LogP contribution in [0.25, 0.3) is 10.9 Å². The van der Waals surface area contributed by atoms with Crippen LogP contribution >= 0.6 is 0 Å². The molecule has 0 bridgehead atoms.